The molecule has 1 heteroatoms. The summed E-state index contributed by atoms with van der Waals surface area (Å²) in [6.07, 6.45) is 0. The number of allylic oxidation sites excluding steroid dienone is 4. The zero-order valence-electron chi connectivity index (χ0n) is 17.6. The Labute approximate surface area is 174 Å². The van der Waals surface area contributed by atoms with Gasteiger partial charge in [-0.15, -0.1) is 0 Å². The first-order valence-electron chi connectivity index (χ1n) is 10.2. The molecule has 3 aromatic carbocycles. The van der Waals surface area contributed by atoms with E-state index in [1.54, 1.807) is 0 Å². The van der Waals surface area contributed by atoms with Crippen LogP contribution in [-0.2, 0) is 5.60 Å². The molecule has 0 fully saturated rings. The third-order valence-electron chi connectivity index (χ3n) is 6.66. The first-order chi connectivity index (χ1) is 14.0. The number of aliphatic hydroxyl groups is 1. The second-order valence-corrected chi connectivity index (χ2v) is 8.08. The fraction of sp³-hybridized carbons (Fsp3) is 0.214. The van der Waals surface area contributed by atoms with Gasteiger partial charge in [0, 0.05) is 5.92 Å². The highest BCUT2D eigenvalue weighted by atomic mass is 16.3. The van der Waals surface area contributed by atoms with Gasteiger partial charge in [0.2, 0.25) is 0 Å². The molecule has 0 unspecified atom stereocenters. The Balaban J connectivity index is 2.00. The summed E-state index contributed by atoms with van der Waals surface area (Å²) in [5.74, 6) is 0.199. The van der Waals surface area contributed by atoms with Gasteiger partial charge in [-0.1, -0.05) is 96.1 Å². The van der Waals surface area contributed by atoms with Crippen LogP contribution < -0.4 is 0 Å². The van der Waals surface area contributed by atoms with Crippen LogP contribution in [0.5, 0.6) is 0 Å². The molecule has 1 aliphatic rings. The van der Waals surface area contributed by atoms with Crippen LogP contribution in [0.3, 0.4) is 0 Å². The second-order valence-electron chi connectivity index (χ2n) is 8.08. The lowest BCUT2D eigenvalue weighted by atomic mass is 9.74. The largest absolute Gasteiger partial charge is 0.376 e. The molecule has 3 aromatic rings. The first kappa shape index (κ1) is 19.4. The fourth-order valence-corrected chi connectivity index (χ4v) is 4.73. The van der Waals surface area contributed by atoms with E-state index in [4.69, 9.17) is 0 Å². The van der Waals surface area contributed by atoms with E-state index in [0.717, 1.165) is 16.7 Å². The van der Waals surface area contributed by atoms with Gasteiger partial charge in [-0.3, -0.25) is 0 Å². The molecule has 1 aliphatic carbocycles. The van der Waals surface area contributed by atoms with Gasteiger partial charge in [0.25, 0.3) is 0 Å². The van der Waals surface area contributed by atoms with Crippen molar-refractivity contribution in [2.45, 2.75) is 39.2 Å². The molecule has 29 heavy (non-hydrogen) atoms. The monoisotopic (exact) mass is 380 g/mol. The summed E-state index contributed by atoms with van der Waals surface area (Å²) >= 11 is 0. The highest BCUT2D eigenvalue weighted by Crippen LogP contribution is 2.48. The van der Waals surface area contributed by atoms with Crippen LogP contribution in [0.2, 0.25) is 0 Å². The van der Waals surface area contributed by atoms with Crippen LogP contribution in [0, 0.1) is 0 Å². The van der Waals surface area contributed by atoms with Gasteiger partial charge in [-0.2, -0.15) is 0 Å². The lowest BCUT2D eigenvalue weighted by molar-refractivity contribution is 0.124. The third kappa shape index (κ3) is 3.07. The maximum Gasteiger partial charge on any atom is 0.140 e. The summed E-state index contributed by atoms with van der Waals surface area (Å²) < 4.78 is 0. The average molecular weight is 381 g/mol. The summed E-state index contributed by atoms with van der Waals surface area (Å²) in [4.78, 5) is 0. The molecule has 0 heterocycles. The molecule has 0 radical (unpaired) electrons. The van der Waals surface area contributed by atoms with E-state index in [-0.39, 0.29) is 5.92 Å². The molecule has 0 bridgehead atoms. The van der Waals surface area contributed by atoms with Crippen molar-refractivity contribution in [1.82, 2.24) is 0 Å². The molecule has 1 nitrogen and oxygen atoms in total. The second kappa shape index (κ2) is 7.50. The Bertz CT molecular complexity index is 1020. The van der Waals surface area contributed by atoms with Crippen LogP contribution in [-0.4, -0.2) is 5.11 Å². The van der Waals surface area contributed by atoms with Crippen molar-refractivity contribution in [3.63, 3.8) is 0 Å². The van der Waals surface area contributed by atoms with E-state index >= 15 is 0 Å². The third-order valence-corrected chi connectivity index (χ3v) is 6.66. The van der Waals surface area contributed by atoms with Gasteiger partial charge in [-0.05, 0) is 61.1 Å². The van der Waals surface area contributed by atoms with Crippen molar-refractivity contribution >= 4 is 0 Å². The average Bonchev–Trinajstić information content (AvgIpc) is 2.97. The van der Waals surface area contributed by atoms with E-state index in [1.807, 2.05) is 66.7 Å². The van der Waals surface area contributed by atoms with Gasteiger partial charge in [0.1, 0.15) is 5.60 Å². The molecule has 0 aromatic heterocycles. The summed E-state index contributed by atoms with van der Waals surface area (Å²) in [6.45, 7) is 8.86. The summed E-state index contributed by atoms with van der Waals surface area (Å²) in [5, 5.41) is 12.3. The van der Waals surface area contributed by atoms with Gasteiger partial charge in [0.15, 0.2) is 0 Å². The molecule has 0 aliphatic heterocycles. The van der Waals surface area contributed by atoms with Crippen molar-refractivity contribution in [3.05, 3.63) is 129 Å². The zero-order valence-corrected chi connectivity index (χ0v) is 17.6. The van der Waals surface area contributed by atoms with Crippen molar-refractivity contribution in [2.24, 2.45) is 0 Å². The van der Waals surface area contributed by atoms with Gasteiger partial charge in [-0.25, -0.2) is 0 Å². The molecular weight excluding hydrogens is 352 g/mol. The molecule has 0 amide bonds. The first-order valence-corrected chi connectivity index (χ1v) is 10.2. The van der Waals surface area contributed by atoms with Crippen LogP contribution >= 0.6 is 0 Å². The standard InChI is InChI=1S/C28H28O/c1-19-20(2)22(4)27(21(19)3)25-17-11-12-18-26(25)28(29,23-13-7-5-8-14-23)24-15-9-6-10-16-24/h5-18,27,29H,1-4H3. The maximum atomic E-state index is 12.3. The molecule has 0 atom stereocenters. The maximum absolute atomic E-state index is 12.3. The Morgan fingerprint density at radius 3 is 1.48 bits per heavy atom. The van der Waals surface area contributed by atoms with Gasteiger partial charge >= 0.3 is 0 Å². The zero-order chi connectivity index (χ0) is 20.6. The van der Waals surface area contributed by atoms with Crippen LogP contribution in [0.25, 0.3) is 0 Å². The topological polar surface area (TPSA) is 20.2 Å². The van der Waals surface area contributed by atoms with Crippen molar-refractivity contribution < 1.29 is 5.11 Å². The summed E-state index contributed by atoms with van der Waals surface area (Å²) in [5.41, 5.74) is 8.14. The van der Waals surface area contributed by atoms with E-state index in [9.17, 15) is 5.11 Å². The lowest BCUT2D eigenvalue weighted by Gasteiger charge is -2.34. The minimum absolute atomic E-state index is 0.199. The molecular formula is C28H28O. The Morgan fingerprint density at radius 1 is 0.586 bits per heavy atom. The fourth-order valence-electron chi connectivity index (χ4n) is 4.73. The quantitative estimate of drug-likeness (QED) is 0.497. The Kier molecular flexibility index (Phi) is 5.02. The normalized spacial score (nSPS) is 15.3. The number of rotatable bonds is 4. The van der Waals surface area contributed by atoms with E-state index in [0.29, 0.717) is 0 Å². The van der Waals surface area contributed by atoms with E-state index in [2.05, 4.69) is 45.9 Å². The Hall–Kier alpha value is -2.90. The van der Waals surface area contributed by atoms with Gasteiger partial charge in [0.05, 0.1) is 0 Å². The minimum atomic E-state index is -1.22. The van der Waals surface area contributed by atoms with Crippen molar-refractivity contribution in [2.75, 3.05) is 0 Å². The number of hydrogen-bond acceptors (Lipinski definition) is 1. The highest BCUT2D eigenvalue weighted by molar-refractivity contribution is 5.59. The van der Waals surface area contributed by atoms with Crippen molar-refractivity contribution in [3.8, 4) is 0 Å². The predicted molar refractivity (Wildman–Crippen MR) is 121 cm³/mol. The van der Waals surface area contributed by atoms with E-state index < -0.39 is 5.60 Å². The van der Waals surface area contributed by atoms with Crippen LogP contribution in [0.4, 0.5) is 0 Å². The summed E-state index contributed by atoms with van der Waals surface area (Å²) in [7, 11) is 0. The number of benzene rings is 3. The lowest BCUT2D eigenvalue weighted by Crippen LogP contribution is -2.30. The van der Waals surface area contributed by atoms with E-state index in [1.165, 1.54) is 27.9 Å². The summed E-state index contributed by atoms with van der Waals surface area (Å²) in [6, 6.07) is 28.4. The molecule has 0 saturated carbocycles. The molecule has 0 saturated heterocycles. The highest BCUT2D eigenvalue weighted by Gasteiger charge is 2.38. The van der Waals surface area contributed by atoms with Gasteiger partial charge < -0.3 is 5.11 Å². The van der Waals surface area contributed by atoms with Crippen LogP contribution in [0.15, 0.2) is 107 Å². The predicted octanol–water partition coefficient (Wildman–Crippen LogP) is 6.74. The minimum Gasteiger partial charge on any atom is -0.376 e. The Morgan fingerprint density at radius 2 is 1.00 bits per heavy atom. The van der Waals surface area contributed by atoms with Crippen molar-refractivity contribution in [1.29, 1.82) is 0 Å². The smallest absolute Gasteiger partial charge is 0.140 e. The molecule has 1 N–H and O–H groups in total. The molecule has 146 valence electrons. The van der Waals surface area contributed by atoms with Crippen LogP contribution in [0.1, 0.15) is 55.9 Å². The number of hydrogen-bond donors (Lipinski definition) is 1. The molecule has 0 spiro atoms. The molecule has 4 rings (SSSR count). The SMILES string of the molecule is CC1=C(C)C(c2ccccc2C(O)(c2ccccc2)c2ccccc2)C(C)=C1C.